The molecular formula is C29H38F3N5O2. The number of aliphatic hydroxyl groups excluding tert-OH is 1. The molecule has 0 bridgehead atoms. The third-order valence-electron chi connectivity index (χ3n) is 6.57. The number of carbonyl (C=O) groups is 1. The monoisotopic (exact) mass is 545 g/mol. The molecule has 212 valence electrons. The Morgan fingerprint density at radius 2 is 1.85 bits per heavy atom. The Balaban J connectivity index is 0.00000205. The van der Waals surface area contributed by atoms with Crippen molar-refractivity contribution in [2.24, 2.45) is 11.3 Å². The fourth-order valence-electron chi connectivity index (χ4n) is 4.78. The summed E-state index contributed by atoms with van der Waals surface area (Å²) in [6, 6.07) is 11.7. The molecule has 1 fully saturated rings. The number of aliphatic hydroxyl groups is 1. The van der Waals surface area contributed by atoms with Gasteiger partial charge in [-0.05, 0) is 29.2 Å². The number of halogens is 3. The summed E-state index contributed by atoms with van der Waals surface area (Å²) in [6.45, 7) is 9.84. The van der Waals surface area contributed by atoms with Crippen molar-refractivity contribution in [3.63, 3.8) is 0 Å². The largest absolute Gasteiger partial charge is 0.387 e. The smallest absolute Gasteiger partial charge is 0.248 e. The van der Waals surface area contributed by atoms with Crippen molar-refractivity contribution in [2.75, 3.05) is 26.2 Å². The van der Waals surface area contributed by atoms with Gasteiger partial charge in [-0.1, -0.05) is 65.0 Å². The van der Waals surface area contributed by atoms with Crippen molar-refractivity contribution < 1.29 is 23.1 Å². The summed E-state index contributed by atoms with van der Waals surface area (Å²) in [5.74, 6) is -2.06. The minimum Gasteiger partial charge on any atom is -0.387 e. The van der Waals surface area contributed by atoms with E-state index in [0.29, 0.717) is 12.4 Å². The molecule has 0 spiro atoms. The number of carbonyl (C=O) groups excluding carboxylic acids is 1. The van der Waals surface area contributed by atoms with E-state index in [0.717, 1.165) is 23.8 Å². The predicted molar refractivity (Wildman–Crippen MR) is 145 cm³/mol. The summed E-state index contributed by atoms with van der Waals surface area (Å²) in [5, 5.41) is 17.4. The number of aromatic nitrogens is 3. The second kappa shape index (κ2) is 13.2. The van der Waals surface area contributed by atoms with Crippen LogP contribution in [-0.4, -0.2) is 63.1 Å². The van der Waals surface area contributed by atoms with Gasteiger partial charge in [-0.15, -0.1) is 0 Å². The molecule has 0 saturated carbocycles. The average molecular weight is 546 g/mol. The lowest BCUT2D eigenvalue weighted by atomic mass is 9.84. The number of benzene rings is 2. The Kier molecular flexibility index (Phi) is 10.3. The molecule has 0 aliphatic carbocycles. The van der Waals surface area contributed by atoms with Crippen LogP contribution in [0.5, 0.6) is 0 Å². The average Bonchev–Trinajstić information content (AvgIpc) is 3.51. The van der Waals surface area contributed by atoms with Gasteiger partial charge in [0.1, 0.15) is 24.4 Å². The topological polar surface area (TPSA) is 83.3 Å². The van der Waals surface area contributed by atoms with Crippen LogP contribution in [0.1, 0.15) is 52.0 Å². The predicted octanol–water partition coefficient (Wildman–Crippen LogP) is 4.76. The van der Waals surface area contributed by atoms with E-state index in [1.807, 2.05) is 65.0 Å². The van der Waals surface area contributed by atoms with Gasteiger partial charge in [0.05, 0.1) is 18.2 Å². The molecule has 4 rings (SSSR count). The van der Waals surface area contributed by atoms with Crippen molar-refractivity contribution >= 4 is 5.91 Å². The van der Waals surface area contributed by atoms with Crippen LogP contribution < -0.4 is 5.32 Å². The number of hydrogen-bond donors (Lipinski definition) is 2. The highest BCUT2D eigenvalue weighted by atomic mass is 19.1. The van der Waals surface area contributed by atoms with E-state index in [9.17, 15) is 23.1 Å². The van der Waals surface area contributed by atoms with Gasteiger partial charge in [-0.25, -0.2) is 22.8 Å². The molecule has 1 amide bonds. The second-order valence-corrected chi connectivity index (χ2v) is 10.5. The van der Waals surface area contributed by atoms with E-state index in [-0.39, 0.29) is 31.0 Å². The molecule has 2 aromatic carbocycles. The molecule has 10 heteroatoms. The van der Waals surface area contributed by atoms with Crippen LogP contribution in [0.2, 0.25) is 0 Å². The zero-order valence-corrected chi connectivity index (χ0v) is 23.2. The molecule has 7 nitrogen and oxygen atoms in total. The number of nitrogens with zero attached hydrogens (tertiary/aromatic N) is 4. The first-order valence-electron chi connectivity index (χ1n) is 13.3. The van der Waals surface area contributed by atoms with E-state index in [1.165, 1.54) is 4.90 Å². The van der Waals surface area contributed by atoms with Crippen molar-refractivity contribution in [3.8, 4) is 11.4 Å². The number of amides is 1. The Bertz CT molecular complexity index is 1230. The van der Waals surface area contributed by atoms with Crippen LogP contribution in [-0.2, 0) is 11.3 Å². The Morgan fingerprint density at radius 3 is 2.44 bits per heavy atom. The highest BCUT2D eigenvalue weighted by Gasteiger charge is 2.41. The fourth-order valence-corrected chi connectivity index (χ4v) is 4.78. The first-order valence-corrected chi connectivity index (χ1v) is 13.3. The quantitative estimate of drug-likeness (QED) is 0.427. The van der Waals surface area contributed by atoms with Gasteiger partial charge in [0, 0.05) is 25.6 Å². The first-order chi connectivity index (χ1) is 18.6. The molecule has 1 saturated heterocycles. The summed E-state index contributed by atoms with van der Waals surface area (Å²) in [5.41, 5.74) is 0.142. The lowest BCUT2D eigenvalue weighted by Gasteiger charge is -2.40. The van der Waals surface area contributed by atoms with Crippen LogP contribution in [0, 0.1) is 23.0 Å². The summed E-state index contributed by atoms with van der Waals surface area (Å²) in [4.78, 5) is 19.2. The van der Waals surface area contributed by atoms with Crippen molar-refractivity contribution in [2.45, 2.75) is 53.4 Å². The maximum atomic E-state index is 14.7. The molecule has 1 aromatic heterocycles. The maximum absolute atomic E-state index is 14.7. The van der Waals surface area contributed by atoms with Crippen LogP contribution >= 0.6 is 0 Å². The highest BCUT2D eigenvalue weighted by Crippen LogP contribution is 2.39. The summed E-state index contributed by atoms with van der Waals surface area (Å²) in [7, 11) is 0. The van der Waals surface area contributed by atoms with Crippen molar-refractivity contribution in [3.05, 3.63) is 71.6 Å². The Labute approximate surface area is 228 Å². The van der Waals surface area contributed by atoms with Crippen LogP contribution in [0.15, 0.2) is 48.5 Å². The zero-order valence-electron chi connectivity index (χ0n) is 23.2. The van der Waals surface area contributed by atoms with Crippen LogP contribution in [0.4, 0.5) is 13.2 Å². The number of alkyl halides is 1. The van der Waals surface area contributed by atoms with E-state index >= 15 is 0 Å². The molecule has 0 unspecified atom stereocenters. The molecule has 39 heavy (non-hydrogen) atoms. The maximum Gasteiger partial charge on any atom is 0.248 e. The molecule has 2 heterocycles. The standard InChI is InChI=1S/C27H32F3N5O2.C2H6/c1-27(2,3)24(34(23(37)16-36)15-18-12-31-13-22(18)30)26-32-25(20-11-19(28)9-10-21(20)29)33-35(26)14-17-7-5-4-6-8-17;1-2/h4-11,18,22,24,31,36H,12-16H2,1-3H3;1-2H3/t18-,22-,24-;/m0./s1. The van der Waals surface area contributed by atoms with E-state index < -0.39 is 47.7 Å². The normalized spacial score (nSPS) is 17.9. The number of rotatable bonds is 8. The molecule has 3 atom stereocenters. The summed E-state index contributed by atoms with van der Waals surface area (Å²) >= 11 is 0. The molecular weight excluding hydrogens is 507 g/mol. The number of nitrogens with one attached hydrogen (secondary N) is 1. The zero-order chi connectivity index (χ0) is 28.7. The van der Waals surface area contributed by atoms with Crippen molar-refractivity contribution in [1.82, 2.24) is 25.0 Å². The van der Waals surface area contributed by atoms with Crippen LogP contribution in [0.25, 0.3) is 11.4 Å². The van der Waals surface area contributed by atoms with E-state index in [4.69, 9.17) is 0 Å². The molecule has 1 aliphatic heterocycles. The van der Waals surface area contributed by atoms with E-state index in [1.54, 1.807) is 4.68 Å². The van der Waals surface area contributed by atoms with Crippen molar-refractivity contribution in [1.29, 1.82) is 0 Å². The lowest BCUT2D eigenvalue weighted by molar-refractivity contribution is -0.140. The van der Waals surface area contributed by atoms with Crippen LogP contribution in [0.3, 0.4) is 0 Å². The molecule has 0 radical (unpaired) electrons. The second-order valence-electron chi connectivity index (χ2n) is 10.5. The first kappa shape index (κ1) is 30.3. The van der Waals surface area contributed by atoms with Gasteiger partial charge in [-0.2, -0.15) is 5.10 Å². The van der Waals surface area contributed by atoms with Gasteiger partial charge < -0.3 is 15.3 Å². The molecule has 1 aliphatic rings. The van der Waals surface area contributed by atoms with E-state index in [2.05, 4.69) is 15.4 Å². The SMILES string of the molecule is CC.CC(C)(C)[C@H](c1nc(-c2cc(F)ccc2F)nn1Cc1ccccc1)N(C[C@@H]1CNC[C@@H]1F)C(=O)CO. The minimum atomic E-state index is -1.14. The van der Waals surface area contributed by atoms with Gasteiger partial charge in [0.2, 0.25) is 5.91 Å². The van der Waals surface area contributed by atoms with Gasteiger partial charge >= 0.3 is 0 Å². The minimum absolute atomic E-state index is 0.0283. The molecule has 2 N–H and O–H groups in total. The summed E-state index contributed by atoms with van der Waals surface area (Å²) < 4.78 is 44.9. The van der Waals surface area contributed by atoms with Gasteiger partial charge in [0.25, 0.3) is 0 Å². The highest BCUT2D eigenvalue weighted by molar-refractivity contribution is 5.77. The van der Waals surface area contributed by atoms with Gasteiger partial charge in [0.15, 0.2) is 11.6 Å². The number of hydrogen-bond acceptors (Lipinski definition) is 5. The Morgan fingerprint density at radius 1 is 1.15 bits per heavy atom. The molecule has 3 aromatic rings. The lowest BCUT2D eigenvalue weighted by Crippen LogP contribution is -2.47. The third-order valence-corrected chi connectivity index (χ3v) is 6.57. The van der Waals surface area contributed by atoms with Gasteiger partial charge in [-0.3, -0.25) is 4.79 Å². The Hall–Kier alpha value is -3.24. The summed E-state index contributed by atoms with van der Waals surface area (Å²) in [6.07, 6.45) is -1.14. The fraction of sp³-hybridized carbons (Fsp3) is 0.483. The third kappa shape index (κ3) is 7.24.